The van der Waals surface area contributed by atoms with Crippen molar-refractivity contribution < 1.29 is 9.53 Å². The van der Waals surface area contributed by atoms with E-state index >= 15 is 0 Å². The van der Waals surface area contributed by atoms with Gasteiger partial charge in [-0.05, 0) is 32.1 Å². The Labute approximate surface area is 136 Å². The molecule has 0 fully saturated rings. The molecular formula is C15H22Cl2N2O2. The van der Waals surface area contributed by atoms with Gasteiger partial charge in [0.2, 0.25) is 0 Å². The lowest BCUT2D eigenvalue weighted by Crippen LogP contribution is -2.42. The number of benzene rings is 1. The zero-order valence-corrected chi connectivity index (χ0v) is 14.4. The number of carbonyl (C=O) groups is 1. The van der Waals surface area contributed by atoms with Crippen molar-refractivity contribution in [3.05, 3.63) is 27.7 Å². The maximum absolute atomic E-state index is 12.3. The molecule has 118 valence electrons. The number of rotatable bonds is 7. The van der Waals surface area contributed by atoms with Gasteiger partial charge in [0.05, 0.1) is 17.2 Å². The SMILES string of the molecule is CCN(CC)C(C)CNC(=O)c1c(Cl)ccc(Cl)c1OC. The van der Waals surface area contributed by atoms with Crippen molar-refractivity contribution >= 4 is 29.1 Å². The molecule has 1 unspecified atom stereocenters. The number of methoxy groups -OCH3 is 1. The van der Waals surface area contributed by atoms with Crippen LogP contribution in [0.25, 0.3) is 0 Å². The van der Waals surface area contributed by atoms with Crippen molar-refractivity contribution in [3.8, 4) is 5.75 Å². The van der Waals surface area contributed by atoms with Gasteiger partial charge in [0.1, 0.15) is 5.56 Å². The first-order valence-corrected chi connectivity index (χ1v) is 7.76. The van der Waals surface area contributed by atoms with Crippen molar-refractivity contribution in [2.45, 2.75) is 26.8 Å². The van der Waals surface area contributed by atoms with E-state index in [9.17, 15) is 4.79 Å². The minimum atomic E-state index is -0.279. The van der Waals surface area contributed by atoms with Gasteiger partial charge in [0.25, 0.3) is 5.91 Å². The van der Waals surface area contributed by atoms with Crippen molar-refractivity contribution in [1.82, 2.24) is 10.2 Å². The van der Waals surface area contributed by atoms with E-state index in [1.807, 2.05) is 0 Å². The summed E-state index contributed by atoms with van der Waals surface area (Å²) in [6.45, 7) is 8.68. The highest BCUT2D eigenvalue weighted by atomic mass is 35.5. The Balaban J connectivity index is 2.84. The molecule has 0 aromatic heterocycles. The Morgan fingerprint density at radius 1 is 1.29 bits per heavy atom. The molecule has 0 spiro atoms. The van der Waals surface area contributed by atoms with E-state index in [-0.39, 0.29) is 17.5 Å². The van der Waals surface area contributed by atoms with E-state index in [1.165, 1.54) is 7.11 Å². The number of nitrogens with zero attached hydrogens (tertiary/aromatic N) is 1. The third kappa shape index (κ3) is 4.50. The normalized spacial score (nSPS) is 12.3. The number of nitrogens with one attached hydrogen (secondary N) is 1. The summed E-state index contributed by atoms with van der Waals surface area (Å²) in [5.74, 6) is 0.0236. The topological polar surface area (TPSA) is 41.6 Å². The second-order valence-corrected chi connectivity index (χ2v) is 5.53. The van der Waals surface area contributed by atoms with Crippen LogP contribution in [0.4, 0.5) is 0 Å². The van der Waals surface area contributed by atoms with Crippen LogP contribution in [-0.2, 0) is 0 Å². The molecule has 0 heterocycles. The summed E-state index contributed by atoms with van der Waals surface area (Å²) in [5.41, 5.74) is 0.276. The molecule has 0 radical (unpaired) electrons. The molecule has 0 aliphatic carbocycles. The highest BCUT2D eigenvalue weighted by molar-refractivity contribution is 6.37. The minimum absolute atomic E-state index is 0.243. The number of hydrogen-bond acceptors (Lipinski definition) is 3. The quantitative estimate of drug-likeness (QED) is 0.831. The summed E-state index contributed by atoms with van der Waals surface area (Å²) in [6, 6.07) is 3.44. The van der Waals surface area contributed by atoms with E-state index in [2.05, 4.69) is 31.0 Å². The number of amides is 1. The molecule has 1 rings (SSSR count). The summed E-state index contributed by atoms with van der Waals surface area (Å²) < 4.78 is 5.19. The average Bonchev–Trinajstić information content (AvgIpc) is 2.48. The van der Waals surface area contributed by atoms with E-state index in [4.69, 9.17) is 27.9 Å². The number of likely N-dealkylation sites (N-methyl/N-ethyl adjacent to an activating group) is 1. The lowest BCUT2D eigenvalue weighted by Gasteiger charge is -2.26. The number of hydrogen-bond donors (Lipinski definition) is 1. The molecule has 0 saturated heterocycles. The Bertz CT molecular complexity index is 491. The van der Waals surface area contributed by atoms with E-state index in [1.54, 1.807) is 12.1 Å². The van der Waals surface area contributed by atoms with Crippen molar-refractivity contribution in [2.24, 2.45) is 0 Å². The standard InChI is InChI=1S/C15H22Cl2N2O2/c1-5-19(6-2)10(3)9-18-15(20)13-11(16)7-8-12(17)14(13)21-4/h7-8,10H,5-6,9H2,1-4H3,(H,18,20). The van der Waals surface area contributed by atoms with Crippen LogP contribution in [0.1, 0.15) is 31.1 Å². The van der Waals surface area contributed by atoms with Gasteiger partial charge in [0.15, 0.2) is 5.75 Å². The number of halogens is 2. The molecule has 1 amide bonds. The molecule has 4 nitrogen and oxygen atoms in total. The summed E-state index contributed by atoms with van der Waals surface area (Å²) in [6.07, 6.45) is 0. The molecule has 1 atom stereocenters. The average molecular weight is 333 g/mol. The van der Waals surface area contributed by atoms with E-state index in [0.717, 1.165) is 13.1 Å². The third-order valence-electron chi connectivity index (χ3n) is 3.48. The smallest absolute Gasteiger partial charge is 0.256 e. The van der Waals surface area contributed by atoms with Gasteiger partial charge in [0, 0.05) is 12.6 Å². The van der Waals surface area contributed by atoms with Gasteiger partial charge in [-0.3, -0.25) is 9.69 Å². The van der Waals surface area contributed by atoms with Crippen LogP contribution in [0, 0.1) is 0 Å². The van der Waals surface area contributed by atoms with Crippen LogP contribution in [0.15, 0.2) is 12.1 Å². The maximum Gasteiger partial charge on any atom is 0.256 e. The zero-order chi connectivity index (χ0) is 16.0. The predicted octanol–water partition coefficient (Wildman–Crippen LogP) is 3.46. The lowest BCUT2D eigenvalue weighted by molar-refractivity contribution is 0.0935. The molecule has 6 heteroatoms. The third-order valence-corrected chi connectivity index (χ3v) is 4.10. The van der Waals surface area contributed by atoms with Crippen LogP contribution in [0.2, 0.25) is 10.0 Å². The van der Waals surface area contributed by atoms with Gasteiger partial charge in [-0.15, -0.1) is 0 Å². The first kappa shape index (κ1) is 18.1. The van der Waals surface area contributed by atoms with E-state index < -0.39 is 0 Å². The summed E-state index contributed by atoms with van der Waals surface area (Å²) in [5, 5.41) is 3.57. The minimum Gasteiger partial charge on any atom is -0.494 e. The summed E-state index contributed by atoms with van der Waals surface area (Å²) >= 11 is 12.1. The van der Waals surface area contributed by atoms with E-state index in [0.29, 0.717) is 22.3 Å². The highest BCUT2D eigenvalue weighted by Gasteiger charge is 2.20. The second-order valence-electron chi connectivity index (χ2n) is 4.72. The first-order valence-electron chi connectivity index (χ1n) is 7.00. The van der Waals surface area contributed by atoms with Crippen LogP contribution in [0.5, 0.6) is 5.75 Å². The van der Waals surface area contributed by atoms with Crippen LogP contribution in [0.3, 0.4) is 0 Å². The first-order chi connectivity index (χ1) is 9.96. The molecule has 1 aromatic carbocycles. The predicted molar refractivity (Wildman–Crippen MR) is 87.7 cm³/mol. The van der Waals surface area contributed by atoms with Gasteiger partial charge in [-0.2, -0.15) is 0 Å². The largest absolute Gasteiger partial charge is 0.494 e. The second kappa shape index (κ2) is 8.47. The van der Waals surface area contributed by atoms with Gasteiger partial charge in [-0.25, -0.2) is 0 Å². The Hall–Kier alpha value is -0.970. The number of ether oxygens (including phenoxy) is 1. The van der Waals surface area contributed by atoms with Gasteiger partial charge >= 0.3 is 0 Å². The van der Waals surface area contributed by atoms with Crippen LogP contribution >= 0.6 is 23.2 Å². The van der Waals surface area contributed by atoms with Crippen molar-refractivity contribution in [2.75, 3.05) is 26.7 Å². The Morgan fingerprint density at radius 2 is 1.86 bits per heavy atom. The lowest BCUT2D eigenvalue weighted by atomic mass is 10.1. The van der Waals surface area contributed by atoms with Crippen LogP contribution < -0.4 is 10.1 Å². The molecule has 0 aliphatic rings. The fourth-order valence-electron chi connectivity index (χ4n) is 2.25. The summed E-state index contributed by atoms with van der Waals surface area (Å²) in [4.78, 5) is 14.6. The number of carbonyl (C=O) groups excluding carboxylic acids is 1. The van der Waals surface area contributed by atoms with Crippen molar-refractivity contribution in [3.63, 3.8) is 0 Å². The van der Waals surface area contributed by atoms with Crippen molar-refractivity contribution in [1.29, 1.82) is 0 Å². The van der Waals surface area contributed by atoms with Gasteiger partial charge < -0.3 is 10.1 Å². The monoisotopic (exact) mass is 332 g/mol. The fourth-order valence-corrected chi connectivity index (χ4v) is 2.72. The van der Waals surface area contributed by atoms with Crippen LogP contribution in [-0.4, -0.2) is 43.6 Å². The molecule has 0 aliphatic heterocycles. The maximum atomic E-state index is 12.3. The molecular weight excluding hydrogens is 311 g/mol. The molecule has 0 saturated carbocycles. The molecule has 0 bridgehead atoms. The molecule has 1 aromatic rings. The Kier molecular flexibility index (Phi) is 7.29. The summed E-state index contributed by atoms with van der Waals surface area (Å²) in [7, 11) is 1.47. The molecule has 1 N–H and O–H groups in total. The Morgan fingerprint density at radius 3 is 2.38 bits per heavy atom. The fraction of sp³-hybridized carbons (Fsp3) is 0.533. The highest BCUT2D eigenvalue weighted by Crippen LogP contribution is 2.33. The zero-order valence-electron chi connectivity index (χ0n) is 12.9. The molecule has 21 heavy (non-hydrogen) atoms. The van der Waals surface area contributed by atoms with Gasteiger partial charge in [-0.1, -0.05) is 37.0 Å².